The molecule has 0 aromatic carbocycles. The molecule has 0 saturated carbocycles. The monoisotopic (exact) mass is 155 g/mol. The molecule has 1 aromatic heterocycles. The minimum Gasteiger partial charge on any atom is -0.350 e. The molecule has 0 aliphatic carbocycles. The Bertz CT molecular complexity index is 256. The van der Waals surface area contributed by atoms with Gasteiger partial charge in [0.1, 0.15) is 11.4 Å². The Labute approximate surface area is 63.7 Å². The molecule has 0 atom stereocenters. The van der Waals surface area contributed by atoms with Gasteiger partial charge in [0.05, 0.1) is 6.54 Å². The highest BCUT2D eigenvalue weighted by Crippen LogP contribution is 1.98. The Morgan fingerprint density at radius 3 is 2.82 bits per heavy atom. The number of amides is 1. The zero-order valence-electron chi connectivity index (χ0n) is 6.42. The van der Waals surface area contributed by atoms with Crippen LogP contribution in [0.15, 0.2) is 4.63 Å². The van der Waals surface area contributed by atoms with E-state index in [1.807, 2.05) is 0 Å². The van der Waals surface area contributed by atoms with Crippen LogP contribution >= 0.6 is 0 Å². The normalized spacial score (nSPS) is 9.64. The Balaban J connectivity index is 2.51. The molecule has 5 nitrogen and oxygen atoms in total. The summed E-state index contributed by atoms with van der Waals surface area (Å²) in [5.74, 6) is -0.0904. The van der Waals surface area contributed by atoms with Crippen molar-refractivity contribution < 1.29 is 9.42 Å². The van der Waals surface area contributed by atoms with E-state index in [0.29, 0.717) is 17.9 Å². The van der Waals surface area contributed by atoms with Crippen LogP contribution in [-0.4, -0.2) is 16.2 Å². The van der Waals surface area contributed by atoms with Crippen molar-refractivity contribution in [1.29, 1.82) is 0 Å². The lowest BCUT2D eigenvalue weighted by atomic mass is 10.3. The second-order valence-electron chi connectivity index (χ2n) is 2.21. The highest BCUT2D eigenvalue weighted by molar-refractivity contribution is 5.72. The van der Waals surface area contributed by atoms with Crippen molar-refractivity contribution in [2.24, 2.45) is 0 Å². The van der Waals surface area contributed by atoms with Crippen LogP contribution in [0.3, 0.4) is 0 Å². The first-order chi connectivity index (χ1) is 5.20. The summed E-state index contributed by atoms with van der Waals surface area (Å²) in [4.78, 5) is 10.5. The standard InChI is InChI=1S/C6H9N3O2/c1-4-6(9-11-8-4)3-7-5(2)10/h3H2,1-2H3,(H,7,10). The van der Waals surface area contributed by atoms with Gasteiger partial charge in [0.25, 0.3) is 0 Å². The van der Waals surface area contributed by atoms with Crippen molar-refractivity contribution in [3.05, 3.63) is 11.4 Å². The van der Waals surface area contributed by atoms with E-state index in [2.05, 4.69) is 20.3 Å². The zero-order valence-corrected chi connectivity index (χ0v) is 6.42. The molecule has 0 fully saturated rings. The minimum atomic E-state index is -0.0904. The van der Waals surface area contributed by atoms with Crippen LogP contribution in [0.2, 0.25) is 0 Å². The number of hydrogen-bond acceptors (Lipinski definition) is 4. The zero-order chi connectivity index (χ0) is 8.27. The second kappa shape index (κ2) is 3.14. The molecule has 1 amide bonds. The quantitative estimate of drug-likeness (QED) is 0.653. The summed E-state index contributed by atoms with van der Waals surface area (Å²) in [6, 6.07) is 0. The molecule has 0 saturated heterocycles. The van der Waals surface area contributed by atoms with Crippen LogP contribution in [0.5, 0.6) is 0 Å². The minimum absolute atomic E-state index is 0.0904. The van der Waals surface area contributed by atoms with Crippen molar-refractivity contribution in [2.45, 2.75) is 20.4 Å². The summed E-state index contributed by atoms with van der Waals surface area (Å²) in [5.41, 5.74) is 1.37. The van der Waals surface area contributed by atoms with Crippen molar-refractivity contribution >= 4 is 5.91 Å². The largest absolute Gasteiger partial charge is 0.350 e. The van der Waals surface area contributed by atoms with E-state index >= 15 is 0 Å². The molecule has 0 aliphatic heterocycles. The topological polar surface area (TPSA) is 68.0 Å². The maximum atomic E-state index is 10.5. The highest BCUT2D eigenvalue weighted by Gasteiger charge is 2.03. The summed E-state index contributed by atoms with van der Waals surface area (Å²) in [6.07, 6.45) is 0. The van der Waals surface area contributed by atoms with E-state index < -0.39 is 0 Å². The van der Waals surface area contributed by atoms with Crippen molar-refractivity contribution in [3.8, 4) is 0 Å². The molecule has 1 N–H and O–H groups in total. The first-order valence-corrected chi connectivity index (χ1v) is 3.22. The van der Waals surface area contributed by atoms with Gasteiger partial charge >= 0.3 is 0 Å². The number of aryl methyl sites for hydroxylation is 1. The van der Waals surface area contributed by atoms with Crippen LogP contribution in [0.4, 0.5) is 0 Å². The smallest absolute Gasteiger partial charge is 0.217 e. The van der Waals surface area contributed by atoms with Gasteiger partial charge in [-0.3, -0.25) is 4.79 Å². The number of rotatable bonds is 2. The molecule has 0 spiro atoms. The third kappa shape index (κ3) is 2.03. The number of aromatic nitrogens is 2. The summed E-state index contributed by atoms with van der Waals surface area (Å²) < 4.78 is 4.43. The van der Waals surface area contributed by atoms with E-state index in [1.54, 1.807) is 6.92 Å². The molecule has 5 heteroatoms. The SMILES string of the molecule is CC(=O)NCc1nonc1C. The summed E-state index contributed by atoms with van der Waals surface area (Å²) in [5, 5.41) is 9.73. The Morgan fingerprint density at radius 1 is 1.64 bits per heavy atom. The molecular weight excluding hydrogens is 146 g/mol. The fourth-order valence-electron chi connectivity index (χ4n) is 0.618. The predicted octanol–water partition coefficient (Wildman–Crippen LogP) is 0.0141. The third-order valence-electron chi connectivity index (χ3n) is 1.25. The highest BCUT2D eigenvalue weighted by atomic mass is 16.6. The number of nitrogens with one attached hydrogen (secondary N) is 1. The van der Waals surface area contributed by atoms with E-state index in [9.17, 15) is 4.79 Å². The molecule has 11 heavy (non-hydrogen) atoms. The molecule has 1 rings (SSSR count). The molecule has 60 valence electrons. The molecule has 1 aromatic rings. The first kappa shape index (κ1) is 7.71. The molecule has 1 heterocycles. The van der Waals surface area contributed by atoms with Crippen molar-refractivity contribution in [3.63, 3.8) is 0 Å². The van der Waals surface area contributed by atoms with Crippen molar-refractivity contribution in [2.75, 3.05) is 0 Å². The molecule has 0 bridgehead atoms. The molecule has 0 aliphatic rings. The van der Waals surface area contributed by atoms with Gasteiger partial charge in [-0.1, -0.05) is 10.3 Å². The van der Waals surface area contributed by atoms with Gasteiger partial charge in [-0.05, 0) is 6.92 Å². The fraction of sp³-hybridized carbons (Fsp3) is 0.500. The van der Waals surface area contributed by atoms with E-state index in [4.69, 9.17) is 0 Å². The first-order valence-electron chi connectivity index (χ1n) is 3.22. The van der Waals surface area contributed by atoms with E-state index in [0.717, 1.165) is 0 Å². The van der Waals surface area contributed by atoms with Crippen LogP contribution < -0.4 is 5.32 Å². The lowest BCUT2D eigenvalue weighted by Gasteiger charge is -1.95. The Hall–Kier alpha value is -1.39. The lowest BCUT2D eigenvalue weighted by molar-refractivity contribution is -0.119. The van der Waals surface area contributed by atoms with Crippen LogP contribution in [0, 0.1) is 6.92 Å². The van der Waals surface area contributed by atoms with Gasteiger partial charge in [0.2, 0.25) is 5.91 Å². The van der Waals surface area contributed by atoms with Gasteiger partial charge in [-0.15, -0.1) is 0 Å². The van der Waals surface area contributed by atoms with Crippen LogP contribution in [-0.2, 0) is 11.3 Å². The maximum Gasteiger partial charge on any atom is 0.217 e. The van der Waals surface area contributed by atoms with Gasteiger partial charge in [0.15, 0.2) is 0 Å². The predicted molar refractivity (Wildman–Crippen MR) is 36.6 cm³/mol. The van der Waals surface area contributed by atoms with Gasteiger partial charge < -0.3 is 5.32 Å². The molecule has 0 unspecified atom stereocenters. The Kier molecular flexibility index (Phi) is 2.20. The average molecular weight is 155 g/mol. The lowest BCUT2D eigenvalue weighted by Crippen LogP contribution is -2.19. The summed E-state index contributed by atoms with van der Waals surface area (Å²) in [7, 11) is 0. The summed E-state index contributed by atoms with van der Waals surface area (Å²) >= 11 is 0. The molecule has 0 radical (unpaired) electrons. The third-order valence-corrected chi connectivity index (χ3v) is 1.25. The van der Waals surface area contributed by atoms with Crippen LogP contribution in [0.1, 0.15) is 18.3 Å². The van der Waals surface area contributed by atoms with E-state index in [-0.39, 0.29) is 5.91 Å². The van der Waals surface area contributed by atoms with Crippen molar-refractivity contribution in [1.82, 2.24) is 15.6 Å². The second-order valence-corrected chi connectivity index (χ2v) is 2.21. The fourth-order valence-corrected chi connectivity index (χ4v) is 0.618. The van der Waals surface area contributed by atoms with E-state index in [1.165, 1.54) is 6.92 Å². The Morgan fingerprint density at radius 2 is 2.36 bits per heavy atom. The molecular formula is C6H9N3O2. The number of carbonyl (C=O) groups is 1. The number of nitrogens with zero attached hydrogens (tertiary/aromatic N) is 2. The van der Waals surface area contributed by atoms with Gasteiger partial charge in [-0.2, -0.15) is 0 Å². The number of carbonyl (C=O) groups excluding carboxylic acids is 1. The average Bonchev–Trinajstić information content (AvgIpc) is 2.31. The van der Waals surface area contributed by atoms with Gasteiger partial charge in [0, 0.05) is 6.92 Å². The van der Waals surface area contributed by atoms with Gasteiger partial charge in [-0.25, -0.2) is 4.63 Å². The summed E-state index contributed by atoms with van der Waals surface area (Å²) in [6.45, 7) is 3.60. The maximum absolute atomic E-state index is 10.5. The van der Waals surface area contributed by atoms with Crippen LogP contribution in [0.25, 0.3) is 0 Å². The number of hydrogen-bond donors (Lipinski definition) is 1.